The lowest BCUT2D eigenvalue weighted by atomic mass is 10.2. The maximum Gasteiger partial charge on any atom is 0.0332 e. The largest absolute Gasteiger partial charge is 0.0838 e. The Morgan fingerprint density at radius 3 is 3.00 bits per heavy atom. The lowest BCUT2D eigenvalue weighted by Gasteiger charge is -1.96. The van der Waals surface area contributed by atoms with E-state index >= 15 is 0 Å². The van der Waals surface area contributed by atoms with E-state index in [9.17, 15) is 0 Å². The molecular formula is C6H7N3. The molecule has 1 rings (SSSR count). The molecule has 0 bridgehead atoms. The predicted molar refractivity (Wildman–Crippen MR) is 35.6 cm³/mol. The Labute approximate surface area is 53.3 Å². The van der Waals surface area contributed by atoms with Crippen LogP contribution >= 0.6 is 0 Å². The van der Waals surface area contributed by atoms with Crippen molar-refractivity contribution in [2.45, 2.75) is 12.8 Å². The molecule has 0 amide bonds. The van der Waals surface area contributed by atoms with Crippen LogP contribution in [0.25, 0.3) is 10.4 Å². The fraction of sp³-hybridized carbons (Fsp3) is 0.333. The van der Waals surface area contributed by atoms with Crippen molar-refractivity contribution in [1.82, 2.24) is 0 Å². The summed E-state index contributed by atoms with van der Waals surface area (Å²) in [4.78, 5) is 2.66. The topological polar surface area (TPSA) is 48.8 Å². The number of hydrogen-bond acceptors (Lipinski definition) is 1. The van der Waals surface area contributed by atoms with Crippen molar-refractivity contribution in [3.63, 3.8) is 0 Å². The second-order valence-electron chi connectivity index (χ2n) is 1.80. The predicted octanol–water partition coefficient (Wildman–Crippen LogP) is 2.53. The van der Waals surface area contributed by atoms with Gasteiger partial charge in [0.25, 0.3) is 0 Å². The highest BCUT2D eigenvalue weighted by Crippen LogP contribution is 2.09. The standard InChI is InChI=1S/C6H7N3/c7-9-8-6-4-2-1-3-5-6/h2,4-5H,1,3H2. The van der Waals surface area contributed by atoms with E-state index in [1.807, 2.05) is 18.2 Å². The fourth-order valence-electron chi connectivity index (χ4n) is 0.725. The number of rotatable bonds is 1. The van der Waals surface area contributed by atoms with Crippen molar-refractivity contribution in [3.05, 3.63) is 34.4 Å². The minimum Gasteiger partial charge on any atom is -0.0838 e. The second-order valence-corrected chi connectivity index (χ2v) is 1.80. The summed E-state index contributed by atoms with van der Waals surface area (Å²) in [5.74, 6) is 0. The highest BCUT2D eigenvalue weighted by Gasteiger charge is 1.90. The highest BCUT2D eigenvalue weighted by atomic mass is 15.1. The Balaban J connectivity index is 2.69. The van der Waals surface area contributed by atoms with Crippen LogP contribution in [0.2, 0.25) is 0 Å². The summed E-state index contributed by atoms with van der Waals surface area (Å²) in [7, 11) is 0. The summed E-state index contributed by atoms with van der Waals surface area (Å²) in [5, 5.41) is 3.44. The van der Waals surface area contributed by atoms with Crippen LogP contribution in [0.5, 0.6) is 0 Å². The normalized spacial score (nSPS) is 16.2. The molecule has 0 saturated heterocycles. The van der Waals surface area contributed by atoms with E-state index in [1.54, 1.807) is 0 Å². The molecule has 0 fully saturated rings. The molecule has 46 valence electrons. The molecule has 0 radical (unpaired) electrons. The maximum atomic E-state index is 8.00. The monoisotopic (exact) mass is 121 g/mol. The minimum atomic E-state index is 0.740. The van der Waals surface area contributed by atoms with E-state index < -0.39 is 0 Å². The van der Waals surface area contributed by atoms with Crippen LogP contribution in [0.3, 0.4) is 0 Å². The van der Waals surface area contributed by atoms with Crippen molar-refractivity contribution < 1.29 is 0 Å². The first kappa shape index (κ1) is 5.92. The smallest absolute Gasteiger partial charge is 0.0332 e. The molecule has 1 aliphatic carbocycles. The molecule has 0 saturated carbocycles. The first-order valence-corrected chi connectivity index (χ1v) is 2.85. The first-order valence-electron chi connectivity index (χ1n) is 2.85. The third-order valence-corrected chi connectivity index (χ3v) is 1.14. The SMILES string of the molecule is [N-]=[N+]=NC1=CCCC=C1. The van der Waals surface area contributed by atoms with Crippen LogP contribution in [0.4, 0.5) is 0 Å². The molecule has 0 heterocycles. The van der Waals surface area contributed by atoms with Gasteiger partial charge in [-0.15, -0.1) is 0 Å². The number of hydrogen-bond donors (Lipinski definition) is 0. The summed E-state index contributed by atoms with van der Waals surface area (Å²) in [6.45, 7) is 0. The summed E-state index contributed by atoms with van der Waals surface area (Å²) in [5.41, 5.74) is 8.74. The molecule has 3 heteroatoms. The Bertz CT molecular complexity index is 196. The molecule has 0 aromatic heterocycles. The molecule has 0 aliphatic heterocycles. The van der Waals surface area contributed by atoms with Gasteiger partial charge >= 0.3 is 0 Å². The van der Waals surface area contributed by atoms with E-state index in [2.05, 4.69) is 10.0 Å². The summed E-state index contributed by atoms with van der Waals surface area (Å²) < 4.78 is 0. The zero-order chi connectivity index (χ0) is 6.53. The summed E-state index contributed by atoms with van der Waals surface area (Å²) in [6.07, 6.45) is 7.82. The molecule has 0 N–H and O–H groups in total. The van der Waals surface area contributed by atoms with Crippen LogP contribution in [0.15, 0.2) is 29.0 Å². The molecule has 9 heavy (non-hydrogen) atoms. The molecule has 0 atom stereocenters. The van der Waals surface area contributed by atoms with E-state index in [4.69, 9.17) is 5.53 Å². The molecule has 3 nitrogen and oxygen atoms in total. The number of allylic oxidation sites excluding steroid dienone is 3. The lowest BCUT2D eigenvalue weighted by molar-refractivity contribution is 1.01. The summed E-state index contributed by atoms with van der Waals surface area (Å²) in [6, 6.07) is 0. The average molecular weight is 121 g/mol. The van der Waals surface area contributed by atoms with E-state index in [0.717, 1.165) is 18.5 Å². The van der Waals surface area contributed by atoms with E-state index in [-0.39, 0.29) is 0 Å². The van der Waals surface area contributed by atoms with Crippen molar-refractivity contribution >= 4 is 0 Å². The van der Waals surface area contributed by atoms with Gasteiger partial charge < -0.3 is 0 Å². The van der Waals surface area contributed by atoms with Crippen molar-refractivity contribution in [2.75, 3.05) is 0 Å². The van der Waals surface area contributed by atoms with Gasteiger partial charge in [0.15, 0.2) is 0 Å². The van der Waals surface area contributed by atoms with Gasteiger partial charge in [-0.2, -0.15) is 0 Å². The molecule has 1 aliphatic rings. The zero-order valence-electron chi connectivity index (χ0n) is 4.99. The maximum absolute atomic E-state index is 8.00. The number of nitrogens with zero attached hydrogens (tertiary/aromatic N) is 3. The molecule has 0 aromatic rings. The Kier molecular flexibility index (Phi) is 1.94. The van der Waals surface area contributed by atoms with Gasteiger partial charge in [0, 0.05) is 10.6 Å². The Morgan fingerprint density at radius 2 is 2.44 bits per heavy atom. The molecule has 0 aromatic carbocycles. The first-order chi connectivity index (χ1) is 4.43. The Morgan fingerprint density at radius 1 is 1.56 bits per heavy atom. The molecule has 0 spiro atoms. The van der Waals surface area contributed by atoms with Crippen LogP contribution in [0, 0.1) is 0 Å². The van der Waals surface area contributed by atoms with Crippen LogP contribution in [0.1, 0.15) is 12.8 Å². The minimum absolute atomic E-state index is 0.740. The zero-order valence-corrected chi connectivity index (χ0v) is 4.99. The number of azide groups is 1. The van der Waals surface area contributed by atoms with Gasteiger partial charge in [0.1, 0.15) is 0 Å². The van der Waals surface area contributed by atoms with E-state index in [0.29, 0.717) is 0 Å². The lowest BCUT2D eigenvalue weighted by Crippen LogP contribution is -1.77. The van der Waals surface area contributed by atoms with Gasteiger partial charge in [-0.1, -0.05) is 23.3 Å². The van der Waals surface area contributed by atoms with Crippen LogP contribution < -0.4 is 0 Å². The van der Waals surface area contributed by atoms with Crippen molar-refractivity contribution in [3.8, 4) is 0 Å². The second kappa shape index (κ2) is 2.95. The van der Waals surface area contributed by atoms with Gasteiger partial charge in [-0.05, 0) is 18.4 Å². The van der Waals surface area contributed by atoms with Crippen molar-refractivity contribution in [2.24, 2.45) is 5.11 Å². The fourth-order valence-corrected chi connectivity index (χ4v) is 0.725. The summed E-state index contributed by atoms with van der Waals surface area (Å²) >= 11 is 0. The van der Waals surface area contributed by atoms with Crippen molar-refractivity contribution in [1.29, 1.82) is 0 Å². The third-order valence-electron chi connectivity index (χ3n) is 1.14. The van der Waals surface area contributed by atoms with E-state index in [1.165, 1.54) is 0 Å². The molecular weight excluding hydrogens is 114 g/mol. The van der Waals surface area contributed by atoms with Crippen LogP contribution in [-0.4, -0.2) is 0 Å². The quantitative estimate of drug-likeness (QED) is 0.291. The third kappa shape index (κ3) is 1.63. The van der Waals surface area contributed by atoms with Crippen LogP contribution in [-0.2, 0) is 0 Å². The van der Waals surface area contributed by atoms with Gasteiger partial charge in [0.05, 0.1) is 0 Å². The van der Waals surface area contributed by atoms with Gasteiger partial charge in [0.2, 0.25) is 0 Å². The highest BCUT2D eigenvalue weighted by molar-refractivity contribution is 5.20. The Hall–Kier alpha value is -1.21. The van der Waals surface area contributed by atoms with Gasteiger partial charge in [-0.3, -0.25) is 0 Å². The molecule has 0 unspecified atom stereocenters. The van der Waals surface area contributed by atoms with Gasteiger partial charge in [-0.25, -0.2) is 0 Å². The average Bonchev–Trinajstić information content (AvgIpc) is 1.91.